The van der Waals surface area contributed by atoms with Crippen LogP contribution in [0.25, 0.3) is 0 Å². The van der Waals surface area contributed by atoms with E-state index in [2.05, 4.69) is 148 Å². The van der Waals surface area contributed by atoms with Gasteiger partial charge in [0, 0.05) is 12.8 Å². The fraction of sp³-hybridized carbons (Fsp3) is 0.680. The second-order valence-electron chi connectivity index (χ2n) is 22.1. The van der Waals surface area contributed by atoms with E-state index in [1.54, 1.807) is 0 Å². The summed E-state index contributed by atoms with van der Waals surface area (Å²) in [5, 5.41) is 9.69. The number of aliphatic hydroxyl groups is 1. The van der Waals surface area contributed by atoms with E-state index in [0.717, 1.165) is 116 Å². The molecule has 5 heteroatoms. The Bertz CT molecular complexity index is 1630. The van der Waals surface area contributed by atoms with Crippen molar-refractivity contribution in [2.45, 2.75) is 315 Å². The molecule has 1 atom stereocenters. The predicted molar refractivity (Wildman–Crippen MR) is 352 cm³/mol. The smallest absolute Gasteiger partial charge is 0.306 e. The van der Waals surface area contributed by atoms with Crippen LogP contribution in [0.5, 0.6) is 0 Å². The summed E-state index contributed by atoms with van der Waals surface area (Å²) in [5.74, 6) is -0.599. The lowest BCUT2D eigenvalue weighted by molar-refractivity contribution is -0.161. The first-order chi connectivity index (χ1) is 39.6. The van der Waals surface area contributed by atoms with Gasteiger partial charge in [0.2, 0.25) is 0 Å². The van der Waals surface area contributed by atoms with Gasteiger partial charge in [-0.3, -0.25) is 9.59 Å². The van der Waals surface area contributed by atoms with Gasteiger partial charge in [-0.2, -0.15) is 0 Å². The summed E-state index contributed by atoms with van der Waals surface area (Å²) in [6.07, 6.45) is 103. The molecule has 80 heavy (non-hydrogen) atoms. The first kappa shape index (κ1) is 76.0. The number of unbranched alkanes of at least 4 members (excludes halogenated alkanes) is 31. The largest absolute Gasteiger partial charge is 0.462 e. The summed E-state index contributed by atoms with van der Waals surface area (Å²) < 4.78 is 10.7. The Labute approximate surface area is 496 Å². The summed E-state index contributed by atoms with van der Waals surface area (Å²) in [7, 11) is 0. The van der Waals surface area contributed by atoms with Gasteiger partial charge in [-0.1, -0.05) is 321 Å². The molecule has 0 aliphatic heterocycles. The van der Waals surface area contributed by atoms with Gasteiger partial charge in [0.25, 0.3) is 0 Å². The van der Waals surface area contributed by atoms with Crippen LogP contribution in [-0.4, -0.2) is 36.4 Å². The summed E-state index contributed by atoms with van der Waals surface area (Å²) in [6, 6.07) is 0. The van der Waals surface area contributed by atoms with Crippen LogP contribution in [0.15, 0.2) is 134 Å². The van der Waals surface area contributed by atoms with E-state index in [1.807, 2.05) is 0 Å². The lowest BCUT2D eigenvalue weighted by Gasteiger charge is -2.15. The molecule has 0 bridgehead atoms. The van der Waals surface area contributed by atoms with Crippen LogP contribution < -0.4 is 0 Å². The first-order valence-electron chi connectivity index (χ1n) is 33.7. The van der Waals surface area contributed by atoms with Crippen molar-refractivity contribution in [3.05, 3.63) is 134 Å². The number of carbonyl (C=O) groups excluding carboxylic acids is 2. The van der Waals surface area contributed by atoms with E-state index < -0.39 is 6.10 Å². The number of rotatable bonds is 61. The van der Waals surface area contributed by atoms with Crippen LogP contribution in [0.4, 0.5) is 0 Å². The van der Waals surface area contributed by atoms with Crippen LogP contribution in [0.3, 0.4) is 0 Å². The average Bonchev–Trinajstić information content (AvgIpc) is 3.46. The molecule has 0 aromatic carbocycles. The van der Waals surface area contributed by atoms with Crippen molar-refractivity contribution in [1.82, 2.24) is 0 Å². The Morgan fingerprint density at radius 1 is 0.287 bits per heavy atom. The molecule has 5 nitrogen and oxygen atoms in total. The van der Waals surface area contributed by atoms with Crippen molar-refractivity contribution in [3.63, 3.8) is 0 Å². The molecule has 1 unspecified atom stereocenters. The quantitative estimate of drug-likeness (QED) is 0.0373. The Morgan fingerprint density at radius 3 is 0.750 bits per heavy atom. The maximum atomic E-state index is 12.3. The number of esters is 2. The van der Waals surface area contributed by atoms with Crippen molar-refractivity contribution in [1.29, 1.82) is 0 Å². The zero-order chi connectivity index (χ0) is 57.6. The van der Waals surface area contributed by atoms with Gasteiger partial charge in [-0.05, 0) is 109 Å². The van der Waals surface area contributed by atoms with E-state index in [-0.39, 0.29) is 25.2 Å². The number of hydrogen-bond donors (Lipinski definition) is 1. The summed E-state index contributed by atoms with van der Waals surface area (Å²) in [4.78, 5) is 24.6. The van der Waals surface area contributed by atoms with E-state index in [9.17, 15) is 14.7 Å². The zero-order valence-corrected chi connectivity index (χ0v) is 52.3. The van der Waals surface area contributed by atoms with Gasteiger partial charge < -0.3 is 14.6 Å². The van der Waals surface area contributed by atoms with Gasteiger partial charge in [0.05, 0.1) is 6.61 Å². The fourth-order valence-electron chi connectivity index (χ4n) is 9.47. The molecule has 456 valence electrons. The Hall–Kier alpha value is -3.96. The van der Waals surface area contributed by atoms with Crippen molar-refractivity contribution >= 4 is 11.9 Å². The zero-order valence-electron chi connectivity index (χ0n) is 52.3. The molecule has 0 amide bonds. The van der Waals surface area contributed by atoms with E-state index in [4.69, 9.17) is 9.47 Å². The molecule has 0 saturated carbocycles. The standard InChI is InChI=1S/C75H126O5/c1-3-5-7-9-11-13-15-17-19-21-23-25-27-29-31-33-34-35-36-37-38-39-40-42-43-45-47-49-51-53-55-57-59-61-63-65-67-69-74(77)79-72-73(71-76)80-75(78)70-68-66-64-62-60-58-56-54-52-50-48-46-44-41-32-30-28-26-24-22-20-18-16-14-12-10-8-6-4-2/h5-8,11-14,17-20,23-26,30,32,44,46,50,52,73,76H,3-4,9-10,15-16,21-22,27-29,31,33-43,45,47-49,51,53-72H2,1-2H3/b7-5-,8-6-,13-11-,14-12-,19-17-,20-18-,25-23-,26-24-,32-30-,46-44-,52-50-. The van der Waals surface area contributed by atoms with Crippen LogP contribution >= 0.6 is 0 Å². The van der Waals surface area contributed by atoms with Crippen LogP contribution in [0.2, 0.25) is 0 Å². The van der Waals surface area contributed by atoms with Crippen molar-refractivity contribution in [2.24, 2.45) is 0 Å². The maximum Gasteiger partial charge on any atom is 0.306 e. The lowest BCUT2D eigenvalue weighted by Crippen LogP contribution is -2.28. The van der Waals surface area contributed by atoms with Gasteiger partial charge in [0.15, 0.2) is 6.10 Å². The molecule has 0 aliphatic carbocycles. The summed E-state index contributed by atoms with van der Waals surface area (Å²) in [5.41, 5.74) is 0. The van der Waals surface area contributed by atoms with Crippen LogP contribution in [0, 0.1) is 0 Å². The first-order valence-corrected chi connectivity index (χ1v) is 33.7. The van der Waals surface area contributed by atoms with Crippen LogP contribution in [0.1, 0.15) is 309 Å². The van der Waals surface area contributed by atoms with Gasteiger partial charge in [0.1, 0.15) is 6.61 Å². The summed E-state index contributed by atoms with van der Waals surface area (Å²) >= 11 is 0. The molecule has 0 radical (unpaired) electrons. The number of hydrogen-bond acceptors (Lipinski definition) is 5. The van der Waals surface area contributed by atoms with Crippen molar-refractivity contribution in [2.75, 3.05) is 13.2 Å². The van der Waals surface area contributed by atoms with Gasteiger partial charge in [-0.25, -0.2) is 0 Å². The molecule has 0 heterocycles. The molecule has 1 N–H and O–H groups in total. The molecule has 0 rings (SSSR count). The predicted octanol–water partition coefficient (Wildman–Crippen LogP) is 23.5. The molecule has 0 aliphatic rings. The van der Waals surface area contributed by atoms with Crippen LogP contribution in [-0.2, 0) is 19.1 Å². The minimum Gasteiger partial charge on any atom is -0.462 e. The third kappa shape index (κ3) is 66.6. The second kappa shape index (κ2) is 69.3. The highest BCUT2D eigenvalue weighted by atomic mass is 16.6. The van der Waals surface area contributed by atoms with Crippen molar-refractivity contribution < 1.29 is 24.2 Å². The number of allylic oxidation sites excluding steroid dienone is 22. The van der Waals surface area contributed by atoms with Gasteiger partial charge >= 0.3 is 11.9 Å². The molecule has 0 spiro atoms. The number of aliphatic hydroxyl groups excluding tert-OH is 1. The highest BCUT2D eigenvalue weighted by Gasteiger charge is 2.16. The van der Waals surface area contributed by atoms with E-state index in [1.165, 1.54) is 167 Å². The lowest BCUT2D eigenvalue weighted by atomic mass is 10.0. The minimum atomic E-state index is -0.787. The molecule has 0 saturated heterocycles. The Kier molecular flexibility index (Phi) is 65.9. The normalized spacial score (nSPS) is 13.1. The maximum absolute atomic E-state index is 12.3. The highest BCUT2D eigenvalue weighted by molar-refractivity contribution is 5.70. The van der Waals surface area contributed by atoms with E-state index in [0.29, 0.717) is 12.8 Å². The number of carbonyl (C=O) groups is 2. The fourth-order valence-corrected chi connectivity index (χ4v) is 9.47. The van der Waals surface area contributed by atoms with Crippen molar-refractivity contribution in [3.8, 4) is 0 Å². The van der Waals surface area contributed by atoms with E-state index >= 15 is 0 Å². The van der Waals surface area contributed by atoms with Gasteiger partial charge in [-0.15, -0.1) is 0 Å². The Balaban J connectivity index is 3.48. The molecule has 0 aromatic heterocycles. The molecular formula is C75H126O5. The number of ether oxygens (including phenoxy) is 2. The average molecular weight is 1110 g/mol. The molecule has 0 aromatic rings. The monoisotopic (exact) mass is 1110 g/mol. The molecule has 0 fully saturated rings. The SMILES string of the molecule is CC/C=C\C/C=C\C/C=C\C/C=C\C/C=C\C/C=C\C/C=C\CCCCCCCCCC(=O)OC(CO)COC(=O)CCCCCCCCCCCCCCCCCCCCCCCCCC/C=C\C/C=C\C/C=C\C/C=C\CC. The third-order valence-electron chi connectivity index (χ3n) is 14.4. The second-order valence-corrected chi connectivity index (χ2v) is 22.1. The third-order valence-corrected chi connectivity index (χ3v) is 14.4. The Morgan fingerprint density at radius 2 is 0.500 bits per heavy atom. The minimum absolute atomic E-state index is 0.0743. The molecular weight excluding hydrogens is 981 g/mol. The topological polar surface area (TPSA) is 72.8 Å². The highest BCUT2D eigenvalue weighted by Crippen LogP contribution is 2.17. The summed E-state index contributed by atoms with van der Waals surface area (Å²) in [6.45, 7) is 3.93.